The van der Waals surface area contributed by atoms with Gasteiger partial charge < -0.3 is 15.3 Å². The number of aliphatic carboxylic acids is 1. The number of rotatable bonds is 4. The van der Waals surface area contributed by atoms with Crippen LogP contribution in [0.5, 0.6) is 0 Å². The number of pyridine rings is 2. The minimum Gasteiger partial charge on any atom is -0.475 e. The van der Waals surface area contributed by atoms with Crippen LogP contribution in [0.4, 0.5) is 18.9 Å². The highest BCUT2D eigenvalue weighted by Gasteiger charge is 2.38. The van der Waals surface area contributed by atoms with Crippen LogP contribution in [0.3, 0.4) is 0 Å². The summed E-state index contributed by atoms with van der Waals surface area (Å²) in [6, 6.07) is 9.89. The van der Waals surface area contributed by atoms with Gasteiger partial charge in [-0.3, -0.25) is 14.2 Å². The van der Waals surface area contributed by atoms with Crippen LogP contribution in [0, 0.1) is 0 Å². The standard InChI is InChI=1S/C18H19N5O.C2HF3O2/c1-2-15-17(23-10-4-3-5-16(23)21-15)18(24)20-13-11-22(12-13)14-6-8-19-9-7-14;3-2(4,5)1(6)7/h3-10,13H,2,11-12H2,1H3,(H,20,24);(H,6,7). The number of carboxylic acids is 1. The van der Waals surface area contributed by atoms with Crippen molar-refractivity contribution < 1.29 is 27.9 Å². The summed E-state index contributed by atoms with van der Waals surface area (Å²) in [5, 5.41) is 10.3. The van der Waals surface area contributed by atoms with Crippen molar-refractivity contribution in [3.63, 3.8) is 0 Å². The summed E-state index contributed by atoms with van der Waals surface area (Å²) in [6.45, 7) is 3.65. The quantitative estimate of drug-likeness (QED) is 0.654. The van der Waals surface area contributed by atoms with E-state index in [4.69, 9.17) is 9.90 Å². The Hall–Kier alpha value is -3.63. The highest BCUT2D eigenvalue weighted by Crippen LogP contribution is 2.20. The van der Waals surface area contributed by atoms with Crippen molar-refractivity contribution in [3.05, 3.63) is 60.3 Å². The van der Waals surface area contributed by atoms with Crippen molar-refractivity contribution in [1.82, 2.24) is 19.7 Å². The average molecular weight is 435 g/mol. The molecule has 0 bridgehead atoms. The minimum absolute atomic E-state index is 0.0510. The van der Waals surface area contributed by atoms with E-state index in [1.54, 1.807) is 12.4 Å². The number of imidazole rings is 1. The molecular formula is C20H20F3N5O3. The van der Waals surface area contributed by atoms with Gasteiger partial charge in [-0.25, -0.2) is 9.78 Å². The third kappa shape index (κ3) is 5.11. The molecule has 2 N–H and O–H groups in total. The van der Waals surface area contributed by atoms with Gasteiger partial charge in [0.05, 0.1) is 11.7 Å². The number of nitrogens with one attached hydrogen (secondary N) is 1. The first-order chi connectivity index (χ1) is 14.7. The molecule has 0 unspecified atom stereocenters. The number of halogens is 3. The molecule has 1 saturated heterocycles. The van der Waals surface area contributed by atoms with Gasteiger partial charge in [-0.1, -0.05) is 13.0 Å². The van der Waals surface area contributed by atoms with Gasteiger partial charge in [-0.15, -0.1) is 0 Å². The topological polar surface area (TPSA) is 99.8 Å². The van der Waals surface area contributed by atoms with Gasteiger partial charge in [0.15, 0.2) is 0 Å². The van der Waals surface area contributed by atoms with Gasteiger partial charge in [0.25, 0.3) is 5.91 Å². The van der Waals surface area contributed by atoms with Crippen LogP contribution in [0.25, 0.3) is 5.65 Å². The van der Waals surface area contributed by atoms with E-state index in [2.05, 4.69) is 20.2 Å². The first-order valence-corrected chi connectivity index (χ1v) is 9.42. The number of hydrogen-bond acceptors (Lipinski definition) is 5. The highest BCUT2D eigenvalue weighted by atomic mass is 19.4. The molecule has 0 atom stereocenters. The third-order valence-corrected chi connectivity index (χ3v) is 4.64. The molecule has 1 amide bonds. The van der Waals surface area contributed by atoms with Crippen LogP contribution in [0.2, 0.25) is 0 Å². The molecule has 1 fully saturated rings. The molecule has 31 heavy (non-hydrogen) atoms. The molecule has 0 radical (unpaired) electrons. The van der Waals surface area contributed by atoms with E-state index in [1.807, 2.05) is 47.9 Å². The van der Waals surface area contributed by atoms with Crippen molar-refractivity contribution >= 4 is 23.2 Å². The molecule has 3 aromatic heterocycles. The number of hydrogen-bond donors (Lipinski definition) is 2. The number of aromatic nitrogens is 3. The number of anilines is 1. The van der Waals surface area contributed by atoms with Gasteiger partial charge in [0.2, 0.25) is 0 Å². The average Bonchev–Trinajstić information content (AvgIpc) is 3.09. The van der Waals surface area contributed by atoms with Crippen molar-refractivity contribution in [2.45, 2.75) is 25.6 Å². The van der Waals surface area contributed by atoms with Gasteiger partial charge in [-0.2, -0.15) is 13.2 Å². The maximum Gasteiger partial charge on any atom is 0.490 e. The second kappa shape index (κ2) is 9.02. The normalized spacial score (nSPS) is 13.9. The summed E-state index contributed by atoms with van der Waals surface area (Å²) < 4.78 is 33.6. The van der Waals surface area contributed by atoms with Gasteiger partial charge in [0, 0.05) is 37.4 Å². The summed E-state index contributed by atoms with van der Waals surface area (Å²) in [5.74, 6) is -2.81. The van der Waals surface area contributed by atoms with E-state index in [0.29, 0.717) is 5.69 Å². The van der Waals surface area contributed by atoms with E-state index < -0.39 is 12.1 Å². The first-order valence-electron chi connectivity index (χ1n) is 9.42. The van der Waals surface area contributed by atoms with Crippen molar-refractivity contribution in [2.75, 3.05) is 18.0 Å². The lowest BCUT2D eigenvalue weighted by Crippen LogP contribution is -2.59. The molecular weight excluding hydrogens is 415 g/mol. The molecule has 11 heteroatoms. The molecule has 1 aliphatic rings. The Balaban J connectivity index is 0.000000339. The summed E-state index contributed by atoms with van der Waals surface area (Å²) in [6.07, 6.45) is 1.11. The van der Waals surface area contributed by atoms with Crippen molar-refractivity contribution in [2.24, 2.45) is 0 Å². The zero-order chi connectivity index (χ0) is 22.6. The Labute approximate surface area is 175 Å². The molecule has 8 nitrogen and oxygen atoms in total. The minimum atomic E-state index is -5.08. The number of fused-ring (bicyclic) bond motifs is 1. The Morgan fingerprint density at radius 2 is 1.84 bits per heavy atom. The molecule has 164 valence electrons. The molecule has 0 saturated carbocycles. The van der Waals surface area contributed by atoms with Crippen LogP contribution in [-0.4, -0.2) is 56.7 Å². The smallest absolute Gasteiger partial charge is 0.475 e. The van der Waals surface area contributed by atoms with Crippen LogP contribution in [0.1, 0.15) is 23.1 Å². The number of nitrogens with zero attached hydrogens (tertiary/aromatic N) is 4. The van der Waals surface area contributed by atoms with Crippen LogP contribution in [0.15, 0.2) is 48.9 Å². The fraction of sp³-hybridized carbons (Fsp3) is 0.300. The Morgan fingerprint density at radius 3 is 2.42 bits per heavy atom. The lowest BCUT2D eigenvalue weighted by Gasteiger charge is -2.41. The highest BCUT2D eigenvalue weighted by molar-refractivity contribution is 5.95. The van der Waals surface area contributed by atoms with E-state index in [0.717, 1.165) is 36.5 Å². The van der Waals surface area contributed by atoms with Gasteiger partial charge in [-0.05, 0) is 30.7 Å². The zero-order valence-electron chi connectivity index (χ0n) is 16.5. The number of carbonyl (C=O) groups is 2. The van der Waals surface area contributed by atoms with Gasteiger partial charge >= 0.3 is 12.1 Å². The molecule has 4 rings (SSSR count). The number of carboxylic acid groups (broad SMARTS) is 1. The predicted molar refractivity (Wildman–Crippen MR) is 106 cm³/mol. The Morgan fingerprint density at radius 1 is 1.19 bits per heavy atom. The number of carbonyl (C=O) groups excluding carboxylic acids is 1. The van der Waals surface area contributed by atoms with E-state index in [-0.39, 0.29) is 11.9 Å². The van der Waals surface area contributed by atoms with Crippen molar-refractivity contribution in [1.29, 1.82) is 0 Å². The van der Waals surface area contributed by atoms with Crippen molar-refractivity contribution in [3.8, 4) is 0 Å². The third-order valence-electron chi connectivity index (χ3n) is 4.64. The maximum absolute atomic E-state index is 12.7. The molecule has 3 aromatic rings. The van der Waals surface area contributed by atoms with Crippen LogP contribution in [-0.2, 0) is 11.2 Å². The fourth-order valence-electron chi connectivity index (χ4n) is 3.12. The number of alkyl halides is 3. The predicted octanol–water partition coefficient (Wildman–Crippen LogP) is 2.54. The van der Waals surface area contributed by atoms with E-state index >= 15 is 0 Å². The molecule has 4 heterocycles. The zero-order valence-corrected chi connectivity index (χ0v) is 16.5. The van der Waals surface area contributed by atoms with Gasteiger partial charge in [0.1, 0.15) is 11.3 Å². The molecule has 0 aromatic carbocycles. The summed E-state index contributed by atoms with van der Waals surface area (Å²) in [7, 11) is 0. The summed E-state index contributed by atoms with van der Waals surface area (Å²) in [4.78, 5) is 32.4. The maximum atomic E-state index is 12.7. The second-order valence-electron chi connectivity index (χ2n) is 6.77. The first kappa shape index (κ1) is 22.1. The monoisotopic (exact) mass is 435 g/mol. The van der Waals surface area contributed by atoms with Crippen LogP contribution >= 0.6 is 0 Å². The Kier molecular flexibility index (Phi) is 6.42. The fourth-order valence-corrected chi connectivity index (χ4v) is 3.12. The molecule has 1 aliphatic heterocycles. The SMILES string of the molecule is CCc1nc2ccccn2c1C(=O)NC1CN(c2ccncc2)C1.O=C(O)C(F)(F)F. The molecule has 0 spiro atoms. The Bertz CT molecular complexity index is 1060. The molecule has 0 aliphatic carbocycles. The van der Waals surface area contributed by atoms with Crippen LogP contribution < -0.4 is 10.2 Å². The number of amides is 1. The second-order valence-corrected chi connectivity index (χ2v) is 6.77. The number of aryl methyl sites for hydroxylation is 1. The van der Waals surface area contributed by atoms with E-state index in [1.165, 1.54) is 0 Å². The van der Waals surface area contributed by atoms with E-state index in [9.17, 15) is 18.0 Å². The largest absolute Gasteiger partial charge is 0.490 e. The summed E-state index contributed by atoms with van der Waals surface area (Å²) >= 11 is 0. The lowest BCUT2D eigenvalue weighted by atomic mass is 10.1. The summed E-state index contributed by atoms with van der Waals surface area (Å²) in [5.41, 5.74) is 3.44. The lowest BCUT2D eigenvalue weighted by molar-refractivity contribution is -0.192.